The molecule has 1 aromatic carbocycles. The first kappa shape index (κ1) is 18.5. The summed E-state index contributed by atoms with van der Waals surface area (Å²) in [5, 5.41) is 6.08. The predicted octanol–water partition coefficient (Wildman–Crippen LogP) is 2.14. The highest BCUT2D eigenvalue weighted by molar-refractivity contribution is 5.97. The fraction of sp³-hybridized carbons (Fsp3) is 0.500. The normalized spacial score (nSPS) is 16.7. The number of nitrogens with zero attached hydrogens (tertiary/aromatic N) is 1. The van der Waals surface area contributed by atoms with Crippen LogP contribution in [0.15, 0.2) is 24.3 Å². The summed E-state index contributed by atoms with van der Waals surface area (Å²) in [6, 6.07) is 7.16. The zero-order chi connectivity index (χ0) is 15.2. The summed E-state index contributed by atoms with van der Waals surface area (Å²) in [5.41, 5.74) is 1.30. The number of carbonyl (C=O) groups excluding carboxylic acids is 2. The van der Waals surface area contributed by atoms with Gasteiger partial charge in [-0.05, 0) is 45.0 Å². The molecule has 0 aliphatic carbocycles. The number of anilines is 1. The van der Waals surface area contributed by atoms with Gasteiger partial charge < -0.3 is 15.5 Å². The van der Waals surface area contributed by atoms with Gasteiger partial charge in [0.1, 0.15) is 0 Å². The zero-order valence-electron chi connectivity index (χ0n) is 13.1. The van der Waals surface area contributed by atoms with Crippen LogP contribution in [0.25, 0.3) is 0 Å². The van der Waals surface area contributed by atoms with E-state index >= 15 is 0 Å². The predicted molar refractivity (Wildman–Crippen MR) is 90.5 cm³/mol. The van der Waals surface area contributed by atoms with Crippen LogP contribution in [0.4, 0.5) is 5.69 Å². The van der Waals surface area contributed by atoms with Gasteiger partial charge in [-0.15, -0.1) is 12.4 Å². The van der Waals surface area contributed by atoms with Crippen molar-refractivity contribution in [1.82, 2.24) is 10.2 Å². The molecule has 5 nitrogen and oxygen atoms in total. The second kappa shape index (κ2) is 8.76. The Labute approximate surface area is 137 Å². The lowest BCUT2D eigenvalue weighted by atomic mass is 10.1. The molecule has 2 rings (SSSR count). The van der Waals surface area contributed by atoms with E-state index in [1.165, 1.54) is 0 Å². The molecule has 1 aromatic rings. The lowest BCUT2D eigenvalue weighted by Gasteiger charge is -2.19. The van der Waals surface area contributed by atoms with Gasteiger partial charge in [-0.3, -0.25) is 9.59 Å². The van der Waals surface area contributed by atoms with Crippen molar-refractivity contribution in [3.8, 4) is 0 Å². The molecule has 1 unspecified atom stereocenters. The van der Waals surface area contributed by atoms with Gasteiger partial charge in [0.25, 0.3) is 5.91 Å². The molecular formula is C16H24ClN3O2. The molecule has 1 aliphatic heterocycles. The third kappa shape index (κ3) is 4.45. The molecule has 0 aromatic heterocycles. The SMILES string of the molecule is CCN(CC)C(=O)c1cccc(NC(=O)C2CCNC2)c1.Cl. The van der Waals surface area contributed by atoms with E-state index in [0.717, 1.165) is 19.5 Å². The van der Waals surface area contributed by atoms with Gasteiger partial charge >= 0.3 is 0 Å². The highest BCUT2D eigenvalue weighted by atomic mass is 35.5. The maximum atomic E-state index is 12.3. The van der Waals surface area contributed by atoms with Gasteiger partial charge in [-0.2, -0.15) is 0 Å². The van der Waals surface area contributed by atoms with Gasteiger partial charge in [-0.1, -0.05) is 6.07 Å². The summed E-state index contributed by atoms with van der Waals surface area (Å²) < 4.78 is 0. The summed E-state index contributed by atoms with van der Waals surface area (Å²) >= 11 is 0. The fourth-order valence-electron chi connectivity index (χ4n) is 2.55. The van der Waals surface area contributed by atoms with Crippen molar-refractivity contribution in [2.75, 3.05) is 31.5 Å². The highest BCUT2D eigenvalue weighted by Crippen LogP contribution is 2.16. The van der Waals surface area contributed by atoms with Crippen molar-refractivity contribution in [3.63, 3.8) is 0 Å². The Kier molecular flexibility index (Phi) is 7.35. The number of halogens is 1. The van der Waals surface area contributed by atoms with Crippen LogP contribution >= 0.6 is 12.4 Å². The van der Waals surface area contributed by atoms with Crippen molar-refractivity contribution in [3.05, 3.63) is 29.8 Å². The molecule has 2 amide bonds. The van der Waals surface area contributed by atoms with Gasteiger partial charge in [-0.25, -0.2) is 0 Å². The molecule has 1 aliphatic rings. The van der Waals surface area contributed by atoms with Crippen LogP contribution in [0, 0.1) is 5.92 Å². The van der Waals surface area contributed by atoms with Crippen molar-refractivity contribution in [2.45, 2.75) is 20.3 Å². The summed E-state index contributed by atoms with van der Waals surface area (Å²) in [6.45, 7) is 6.89. The minimum Gasteiger partial charge on any atom is -0.339 e. The van der Waals surface area contributed by atoms with Crippen molar-refractivity contribution in [2.24, 2.45) is 5.92 Å². The van der Waals surface area contributed by atoms with E-state index in [1.807, 2.05) is 19.9 Å². The maximum absolute atomic E-state index is 12.3. The molecule has 2 N–H and O–H groups in total. The summed E-state index contributed by atoms with van der Waals surface area (Å²) in [6.07, 6.45) is 0.865. The first-order valence-corrected chi connectivity index (χ1v) is 7.56. The van der Waals surface area contributed by atoms with Crippen LogP contribution in [-0.4, -0.2) is 42.9 Å². The standard InChI is InChI=1S/C16H23N3O2.ClH/c1-3-19(4-2)16(21)12-6-5-7-14(10-12)18-15(20)13-8-9-17-11-13;/h5-7,10,13,17H,3-4,8-9,11H2,1-2H3,(H,18,20);1H. The molecule has 1 saturated heterocycles. The van der Waals surface area contributed by atoms with Crippen molar-refractivity contribution in [1.29, 1.82) is 0 Å². The summed E-state index contributed by atoms with van der Waals surface area (Å²) in [5.74, 6) is 0.0400. The average Bonchev–Trinajstić information content (AvgIpc) is 3.03. The maximum Gasteiger partial charge on any atom is 0.253 e. The minimum atomic E-state index is -0.00127. The van der Waals surface area contributed by atoms with Crippen LogP contribution in [0.5, 0.6) is 0 Å². The van der Waals surface area contributed by atoms with E-state index in [1.54, 1.807) is 23.1 Å². The van der Waals surface area contributed by atoms with Crippen LogP contribution in [-0.2, 0) is 4.79 Å². The Balaban J connectivity index is 0.00000242. The minimum absolute atomic E-state index is 0. The Hall–Kier alpha value is -1.59. The quantitative estimate of drug-likeness (QED) is 0.872. The molecule has 0 spiro atoms. The highest BCUT2D eigenvalue weighted by Gasteiger charge is 2.22. The monoisotopic (exact) mass is 325 g/mol. The first-order chi connectivity index (χ1) is 10.2. The number of rotatable bonds is 5. The molecule has 1 fully saturated rings. The third-order valence-electron chi connectivity index (χ3n) is 3.86. The summed E-state index contributed by atoms with van der Waals surface area (Å²) in [7, 11) is 0. The molecule has 1 heterocycles. The Morgan fingerprint density at radius 1 is 1.32 bits per heavy atom. The van der Waals surface area contributed by atoms with E-state index in [4.69, 9.17) is 0 Å². The average molecular weight is 326 g/mol. The molecule has 6 heteroatoms. The smallest absolute Gasteiger partial charge is 0.253 e. The van der Waals surface area contributed by atoms with Gasteiger partial charge in [0, 0.05) is 30.9 Å². The first-order valence-electron chi connectivity index (χ1n) is 7.56. The van der Waals surface area contributed by atoms with Crippen molar-refractivity contribution >= 4 is 29.9 Å². The molecule has 0 radical (unpaired) electrons. The van der Waals surface area contributed by atoms with Crippen molar-refractivity contribution < 1.29 is 9.59 Å². The van der Waals surface area contributed by atoms with Gasteiger partial charge in [0.15, 0.2) is 0 Å². The summed E-state index contributed by atoms with van der Waals surface area (Å²) in [4.78, 5) is 26.2. The van der Waals surface area contributed by atoms with Gasteiger partial charge in [0.2, 0.25) is 5.91 Å². The van der Waals surface area contributed by atoms with E-state index in [-0.39, 0.29) is 30.1 Å². The van der Waals surface area contributed by atoms with E-state index in [0.29, 0.717) is 24.3 Å². The number of hydrogen-bond donors (Lipinski definition) is 2. The molecule has 0 bridgehead atoms. The Morgan fingerprint density at radius 2 is 2.05 bits per heavy atom. The fourth-order valence-corrected chi connectivity index (χ4v) is 2.55. The molecule has 0 saturated carbocycles. The lowest BCUT2D eigenvalue weighted by Crippen LogP contribution is -2.30. The van der Waals surface area contributed by atoms with Gasteiger partial charge in [0.05, 0.1) is 5.92 Å². The molecular weight excluding hydrogens is 302 g/mol. The number of carbonyl (C=O) groups is 2. The number of benzene rings is 1. The van der Waals surface area contributed by atoms with E-state index in [9.17, 15) is 9.59 Å². The largest absolute Gasteiger partial charge is 0.339 e. The second-order valence-corrected chi connectivity index (χ2v) is 5.24. The van der Waals surface area contributed by atoms with E-state index < -0.39 is 0 Å². The van der Waals surface area contributed by atoms with Crippen LogP contribution in [0.1, 0.15) is 30.6 Å². The molecule has 122 valence electrons. The zero-order valence-corrected chi connectivity index (χ0v) is 13.9. The van der Waals surface area contributed by atoms with E-state index in [2.05, 4.69) is 10.6 Å². The lowest BCUT2D eigenvalue weighted by molar-refractivity contribution is -0.119. The second-order valence-electron chi connectivity index (χ2n) is 5.24. The number of nitrogens with one attached hydrogen (secondary N) is 2. The Bertz CT molecular complexity index is 512. The Morgan fingerprint density at radius 3 is 2.64 bits per heavy atom. The molecule has 22 heavy (non-hydrogen) atoms. The number of amides is 2. The van der Waals surface area contributed by atoms with Crippen LogP contribution < -0.4 is 10.6 Å². The third-order valence-corrected chi connectivity index (χ3v) is 3.86. The molecule has 1 atom stereocenters. The topological polar surface area (TPSA) is 61.4 Å². The number of hydrogen-bond acceptors (Lipinski definition) is 3. The van der Waals surface area contributed by atoms with Crippen LogP contribution in [0.2, 0.25) is 0 Å². The van der Waals surface area contributed by atoms with Crippen LogP contribution in [0.3, 0.4) is 0 Å².